The van der Waals surface area contributed by atoms with Crippen LogP contribution in [-0.2, 0) is 4.79 Å². The topological polar surface area (TPSA) is 116 Å². The van der Waals surface area contributed by atoms with E-state index in [9.17, 15) is 14.4 Å². The lowest BCUT2D eigenvalue weighted by atomic mass is 10.1. The van der Waals surface area contributed by atoms with E-state index >= 15 is 0 Å². The Morgan fingerprint density at radius 1 is 0.964 bits per heavy atom. The summed E-state index contributed by atoms with van der Waals surface area (Å²) in [5.74, 6) is -0.307. The van der Waals surface area contributed by atoms with E-state index in [0.717, 1.165) is 0 Å². The molecule has 1 aromatic heterocycles. The molecule has 0 saturated carbocycles. The Kier molecular flexibility index (Phi) is 7.54. The van der Waals surface area contributed by atoms with Gasteiger partial charge in [0.05, 0.1) is 23.7 Å². The second-order valence-electron chi connectivity index (χ2n) is 6.20. The molecule has 2 aromatic carbocycles. The number of carbonyl (C=O) groups excluding carboxylic acids is 2. The van der Waals surface area contributed by atoms with Crippen molar-refractivity contribution in [3.63, 3.8) is 0 Å². The fourth-order valence-electron chi connectivity index (χ4n) is 2.81. The van der Waals surface area contributed by atoms with Gasteiger partial charge in [-0.1, -0.05) is 12.1 Å². The molecule has 5 N–H and O–H groups in total. The second kappa shape index (κ2) is 9.87. The Hall–Kier alpha value is -2.90. The van der Waals surface area contributed by atoms with Crippen LogP contribution >= 0.6 is 0 Å². The molecule has 0 spiro atoms. The third-order valence-corrected chi connectivity index (χ3v) is 4.20. The number of hydrogen-bond acceptors (Lipinski definition) is 4. The first-order valence-electron chi connectivity index (χ1n) is 8.90. The summed E-state index contributed by atoms with van der Waals surface area (Å²) in [6, 6.07) is 11.8. The first-order valence-corrected chi connectivity index (χ1v) is 8.90. The summed E-state index contributed by atoms with van der Waals surface area (Å²) in [6.07, 6.45) is 1.02. The molecule has 148 valence electrons. The van der Waals surface area contributed by atoms with E-state index in [2.05, 4.69) is 16.4 Å². The maximum Gasteiger partial charge on any atom is 0.251 e. The second-order valence-corrected chi connectivity index (χ2v) is 6.20. The highest BCUT2D eigenvalue weighted by Crippen LogP contribution is 2.19. The van der Waals surface area contributed by atoms with Crippen LogP contribution in [0.1, 0.15) is 23.2 Å². The fraction of sp³-hybridized carbons (Fsp3) is 0.250. The Balaban J connectivity index is 0.00000280. The van der Waals surface area contributed by atoms with E-state index in [1.54, 1.807) is 42.5 Å². The van der Waals surface area contributed by atoms with Gasteiger partial charge < -0.3 is 33.2 Å². The summed E-state index contributed by atoms with van der Waals surface area (Å²) in [6.45, 7) is 1.48. The number of amides is 2. The average molecular weight is 404 g/mol. The van der Waals surface area contributed by atoms with Gasteiger partial charge >= 0.3 is 0 Å². The molecule has 0 aliphatic heterocycles. The first-order chi connectivity index (χ1) is 13.1. The third kappa shape index (κ3) is 4.88. The lowest BCUT2D eigenvalue weighted by molar-refractivity contribution is -0.366. The lowest BCUT2D eigenvalue weighted by Gasteiger charge is -2.07. The molecule has 8 heteroatoms. The highest BCUT2D eigenvalue weighted by molar-refractivity contribution is 5.99. The Morgan fingerprint density at radius 3 is 2.46 bits per heavy atom. The van der Waals surface area contributed by atoms with Gasteiger partial charge in [-0.2, -0.15) is 0 Å². The molecule has 3 aromatic rings. The van der Waals surface area contributed by atoms with E-state index in [-0.39, 0.29) is 29.7 Å². The molecule has 0 fully saturated rings. The summed E-state index contributed by atoms with van der Waals surface area (Å²) in [7, 11) is 0. The van der Waals surface area contributed by atoms with Crippen LogP contribution in [0, 0.1) is 0 Å². The van der Waals surface area contributed by atoms with Crippen LogP contribution < -0.4 is 34.2 Å². The number of para-hydroxylation sites is 1. The molecular weight excluding hydrogens is 382 g/mol. The van der Waals surface area contributed by atoms with Crippen LogP contribution in [0.2, 0.25) is 0 Å². The van der Waals surface area contributed by atoms with Gasteiger partial charge in [0.25, 0.3) is 5.91 Å². The molecule has 0 aliphatic carbocycles. The summed E-state index contributed by atoms with van der Waals surface area (Å²) in [4.78, 5) is 36.3. The predicted octanol–water partition coefficient (Wildman–Crippen LogP) is -2.18. The molecule has 0 saturated heterocycles. The monoisotopic (exact) mass is 403 g/mol. The van der Waals surface area contributed by atoms with Gasteiger partial charge in [-0.25, -0.2) is 0 Å². The van der Waals surface area contributed by atoms with Crippen molar-refractivity contribution in [2.24, 2.45) is 0 Å². The molecule has 0 atom stereocenters. The summed E-state index contributed by atoms with van der Waals surface area (Å²) in [5, 5.41) is 6.42. The molecular formula is C20H22ClN3O4. The maximum atomic E-state index is 12.6. The van der Waals surface area contributed by atoms with Gasteiger partial charge in [0.2, 0.25) is 11.3 Å². The largest absolute Gasteiger partial charge is 1.00 e. The van der Waals surface area contributed by atoms with Crippen LogP contribution in [0.4, 0.5) is 0 Å². The minimum absolute atomic E-state index is 0. The normalized spacial score (nSPS) is 10.5. The molecule has 28 heavy (non-hydrogen) atoms. The molecule has 0 radical (unpaired) electrons. The van der Waals surface area contributed by atoms with Gasteiger partial charge in [0.1, 0.15) is 11.2 Å². The van der Waals surface area contributed by atoms with E-state index in [4.69, 9.17) is 4.42 Å². The number of benzene rings is 2. The quantitative estimate of drug-likeness (QED) is 0.307. The Morgan fingerprint density at radius 2 is 1.68 bits per heavy atom. The number of carbonyl (C=O) groups is 2. The van der Waals surface area contributed by atoms with Gasteiger partial charge in [-0.3, -0.25) is 14.4 Å². The molecule has 0 bridgehead atoms. The van der Waals surface area contributed by atoms with Crippen molar-refractivity contribution in [2.75, 3.05) is 19.6 Å². The SMILES string of the molecule is [Cl-].[NH3+]CCC(=O)NCCCNC(=O)c1ccc2oc3ccccc3c(=O)c2c1. The van der Waals surface area contributed by atoms with Crippen molar-refractivity contribution in [3.8, 4) is 0 Å². The molecule has 1 heterocycles. The molecule has 7 nitrogen and oxygen atoms in total. The number of fused-ring (bicyclic) bond motifs is 2. The summed E-state index contributed by atoms with van der Waals surface area (Å²) in [5.41, 5.74) is 4.83. The van der Waals surface area contributed by atoms with Crippen molar-refractivity contribution in [1.82, 2.24) is 10.6 Å². The summed E-state index contributed by atoms with van der Waals surface area (Å²) < 4.78 is 5.74. The number of hydrogen-bond donors (Lipinski definition) is 3. The molecule has 0 aliphatic rings. The summed E-state index contributed by atoms with van der Waals surface area (Å²) >= 11 is 0. The van der Waals surface area contributed by atoms with Crippen molar-refractivity contribution in [2.45, 2.75) is 12.8 Å². The van der Waals surface area contributed by atoms with Crippen LogP contribution in [0.3, 0.4) is 0 Å². The van der Waals surface area contributed by atoms with Crippen molar-refractivity contribution >= 4 is 33.8 Å². The molecule has 0 unspecified atom stereocenters. The number of halogens is 1. The van der Waals surface area contributed by atoms with Crippen molar-refractivity contribution in [3.05, 3.63) is 58.3 Å². The van der Waals surface area contributed by atoms with Crippen molar-refractivity contribution in [1.29, 1.82) is 0 Å². The predicted molar refractivity (Wildman–Crippen MR) is 102 cm³/mol. The highest BCUT2D eigenvalue weighted by Gasteiger charge is 2.11. The number of quaternary nitrogens is 1. The van der Waals surface area contributed by atoms with Gasteiger partial charge in [-0.05, 0) is 36.8 Å². The average Bonchev–Trinajstić information content (AvgIpc) is 2.68. The molecule has 2 amide bonds. The minimum Gasteiger partial charge on any atom is -1.00 e. The zero-order valence-electron chi connectivity index (χ0n) is 15.3. The van der Waals surface area contributed by atoms with Gasteiger partial charge in [-0.15, -0.1) is 0 Å². The number of rotatable bonds is 7. The van der Waals surface area contributed by atoms with Crippen LogP contribution in [-0.4, -0.2) is 31.4 Å². The highest BCUT2D eigenvalue weighted by atomic mass is 35.5. The van der Waals surface area contributed by atoms with Gasteiger partial charge in [0, 0.05) is 18.7 Å². The fourth-order valence-corrected chi connectivity index (χ4v) is 2.81. The Bertz CT molecular complexity index is 1050. The van der Waals surface area contributed by atoms with Crippen LogP contribution in [0.15, 0.2) is 51.7 Å². The first kappa shape index (κ1) is 21.4. The van der Waals surface area contributed by atoms with E-state index in [0.29, 0.717) is 60.0 Å². The third-order valence-electron chi connectivity index (χ3n) is 4.20. The van der Waals surface area contributed by atoms with E-state index in [1.165, 1.54) is 0 Å². The maximum absolute atomic E-state index is 12.6. The standard InChI is InChI=1S/C20H21N3O4.ClH/c21-9-8-18(24)22-10-3-11-23-20(26)13-6-7-17-15(12-13)19(25)14-4-1-2-5-16(14)27-17;/h1-2,4-7,12H,3,8-11,21H2,(H,22,24)(H,23,26);1H. The Labute approximate surface area is 167 Å². The minimum atomic E-state index is -0.270. The van der Waals surface area contributed by atoms with E-state index < -0.39 is 0 Å². The zero-order valence-corrected chi connectivity index (χ0v) is 16.1. The number of nitrogens with one attached hydrogen (secondary N) is 2. The smallest absolute Gasteiger partial charge is 0.251 e. The zero-order chi connectivity index (χ0) is 19.2. The van der Waals surface area contributed by atoms with E-state index in [1.807, 2.05) is 0 Å². The van der Waals surface area contributed by atoms with Crippen LogP contribution in [0.25, 0.3) is 21.9 Å². The van der Waals surface area contributed by atoms with Crippen LogP contribution in [0.5, 0.6) is 0 Å². The lowest BCUT2D eigenvalue weighted by Crippen LogP contribution is -3.00. The van der Waals surface area contributed by atoms with Gasteiger partial charge in [0.15, 0.2) is 0 Å². The van der Waals surface area contributed by atoms with Crippen molar-refractivity contribution < 1.29 is 32.1 Å². The molecule has 3 rings (SSSR count).